The second kappa shape index (κ2) is 9.24. The first-order valence-electron chi connectivity index (χ1n) is 6.92. The van der Waals surface area contributed by atoms with Crippen LogP contribution in [0.4, 0.5) is 0 Å². The molecule has 0 saturated carbocycles. The average Bonchev–Trinajstić information content (AvgIpc) is 3.11. The highest BCUT2D eigenvalue weighted by Gasteiger charge is 2.16. The van der Waals surface area contributed by atoms with Gasteiger partial charge in [-0.15, -0.1) is 35.3 Å². The van der Waals surface area contributed by atoms with Gasteiger partial charge in [0, 0.05) is 32.1 Å². The summed E-state index contributed by atoms with van der Waals surface area (Å²) in [6, 6.07) is 4.15. The summed E-state index contributed by atoms with van der Waals surface area (Å²) in [4.78, 5) is 21.2. The van der Waals surface area contributed by atoms with Crippen molar-refractivity contribution in [2.24, 2.45) is 4.99 Å². The lowest BCUT2D eigenvalue weighted by atomic mass is 10.4. The molecule has 118 valence electrons. The molecule has 0 spiro atoms. The van der Waals surface area contributed by atoms with E-state index in [2.05, 4.69) is 26.7 Å². The van der Waals surface area contributed by atoms with Gasteiger partial charge in [0.05, 0.1) is 6.54 Å². The summed E-state index contributed by atoms with van der Waals surface area (Å²) < 4.78 is 0. The third kappa shape index (κ3) is 5.82. The Morgan fingerprint density at radius 2 is 2.14 bits per heavy atom. The molecule has 5 nitrogen and oxygen atoms in total. The Labute approximate surface area is 147 Å². The van der Waals surface area contributed by atoms with Crippen molar-refractivity contribution in [1.82, 2.24) is 15.1 Å². The molecule has 1 aliphatic heterocycles. The van der Waals surface area contributed by atoms with Crippen LogP contribution in [0.2, 0.25) is 0 Å². The molecule has 1 amide bonds. The predicted molar refractivity (Wildman–Crippen MR) is 98.4 cm³/mol. The topological polar surface area (TPSA) is 47.9 Å². The van der Waals surface area contributed by atoms with Crippen molar-refractivity contribution >= 4 is 47.2 Å². The second-order valence-electron chi connectivity index (χ2n) is 5.06. The van der Waals surface area contributed by atoms with E-state index in [1.54, 1.807) is 30.3 Å². The predicted octanol–water partition coefficient (Wildman–Crippen LogP) is 2.00. The van der Waals surface area contributed by atoms with Crippen LogP contribution in [0.1, 0.15) is 17.7 Å². The van der Waals surface area contributed by atoms with Gasteiger partial charge in [0.1, 0.15) is 6.54 Å². The van der Waals surface area contributed by atoms with Gasteiger partial charge in [0.2, 0.25) is 5.91 Å². The Bertz CT molecular complexity index is 456. The van der Waals surface area contributed by atoms with Gasteiger partial charge in [-0.1, -0.05) is 6.07 Å². The van der Waals surface area contributed by atoms with Gasteiger partial charge in [-0.3, -0.25) is 4.79 Å². The molecule has 1 fully saturated rings. The second-order valence-corrected chi connectivity index (χ2v) is 6.09. The van der Waals surface area contributed by atoms with Gasteiger partial charge in [-0.2, -0.15) is 0 Å². The number of likely N-dealkylation sites (N-methyl/N-ethyl adjacent to an activating group) is 1. The fourth-order valence-corrected chi connectivity index (χ4v) is 2.70. The number of hydrogen-bond donors (Lipinski definition) is 1. The van der Waals surface area contributed by atoms with Crippen molar-refractivity contribution in [1.29, 1.82) is 0 Å². The molecule has 1 aromatic rings. The van der Waals surface area contributed by atoms with Gasteiger partial charge in [-0.05, 0) is 24.3 Å². The largest absolute Gasteiger partial charge is 0.351 e. The average molecular weight is 422 g/mol. The zero-order valence-corrected chi connectivity index (χ0v) is 15.7. The maximum atomic E-state index is 11.7. The molecule has 7 heteroatoms. The minimum Gasteiger partial charge on any atom is -0.351 e. The molecule has 0 atom stereocenters. The number of nitrogens with zero attached hydrogens (tertiary/aromatic N) is 3. The molecule has 21 heavy (non-hydrogen) atoms. The molecule has 2 rings (SSSR count). The Morgan fingerprint density at radius 3 is 2.71 bits per heavy atom. The number of likely N-dealkylation sites (tertiary alicyclic amines) is 1. The number of nitrogens with one attached hydrogen (secondary N) is 1. The summed E-state index contributed by atoms with van der Waals surface area (Å²) in [5.41, 5.74) is 0. The van der Waals surface area contributed by atoms with Gasteiger partial charge in [-0.25, -0.2) is 4.99 Å². The zero-order chi connectivity index (χ0) is 14.4. The molecule has 1 N–H and O–H groups in total. The first kappa shape index (κ1) is 18.2. The van der Waals surface area contributed by atoms with Crippen molar-refractivity contribution in [2.45, 2.75) is 19.4 Å². The van der Waals surface area contributed by atoms with Crippen LogP contribution in [-0.2, 0) is 11.3 Å². The van der Waals surface area contributed by atoms with E-state index >= 15 is 0 Å². The maximum absolute atomic E-state index is 11.7. The van der Waals surface area contributed by atoms with Crippen molar-refractivity contribution < 1.29 is 4.79 Å². The molecule has 1 aliphatic rings. The van der Waals surface area contributed by atoms with Crippen LogP contribution in [0.5, 0.6) is 0 Å². The normalized spacial score (nSPS) is 14.8. The van der Waals surface area contributed by atoms with Gasteiger partial charge in [0.15, 0.2) is 5.96 Å². The van der Waals surface area contributed by atoms with E-state index in [-0.39, 0.29) is 36.4 Å². The summed E-state index contributed by atoms with van der Waals surface area (Å²) in [7, 11) is 3.51. The number of halogens is 1. The quantitative estimate of drug-likeness (QED) is 0.459. The van der Waals surface area contributed by atoms with Crippen molar-refractivity contribution in [3.05, 3.63) is 22.4 Å². The van der Waals surface area contributed by atoms with Crippen LogP contribution in [0.3, 0.4) is 0 Å². The number of hydrogen-bond acceptors (Lipinski definition) is 3. The van der Waals surface area contributed by atoms with Crippen molar-refractivity contribution in [3.8, 4) is 0 Å². The summed E-state index contributed by atoms with van der Waals surface area (Å²) >= 11 is 1.73. The summed E-state index contributed by atoms with van der Waals surface area (Å²) in [5.74, 6) is 0.880. The van der Waals surface area contributed by atoms with Gasteiger partial charge >= 0.3 is 0 Å². The van der Waals surface area contributed by atoms with Crippen LogP contribution in [0.15, 0.2) is 22.5 Å². The monoisotopic (exact) mass is 422 g/mol. The zero-order valence-electron chi connectivity index (χ0n) is 12.5. The SMILES string of the molecule is CN(C)C(=O)CN=C(NCc1cccs1)N1CCCC1.I. The maximum Gasteiger partial charge on any atom is 0.243 e. The lowest BCUT2D eigenvalue weighted by molar-refractivity contribution is -0.127. The van der Waals surface area contributed by atoms with E-state index in [1.165, 1.54) is 17.7 Å². The first-order valence-corrected chi connectivity index (χ1v) is 7.80. The third-order valence-corrected chi connectivity index (χ3v) is 4.15. The molecule has 0 unspecified atom stereocenters. The number of carbonyl (C=O) groups excluding carboxylic acids is 1. The number of amides is 1. The highest BCUT2D eigenvalue weighted by atomic mass is 127. The molecule has 0 aromatic carbocycles. The summed E-state index contributed by atoms with van der Waals surface area (Å²) in [6.07, 6.45) is 2.39. The van der Waals surface area contributed by atoms with E-state index in [1.807, 2.05) is 6.07 Å². The highest BCUT2D eigenvalue weighted by molar-refractivity contribution is 14.0. The van der Waals surface area contributed by atoms with Crippen molar-refractivity contribution in [2.75, 3.05) is 33.7 Å². The van der Waals surface area contributed by atoms with Crippen LogP contribution < -0.4 is 5.32 Å². The van der Waals surface area contributed by atoms with Crippen LogP contribution >= 0.6 is 35.3 Å². The van der Waals surface area contributed by atoms with Crippen molar-refractivity contribution in [3.63, 3.8) is 0 Å². The highest BCUT2D eigenvalue weighted by Crippen LogP contribution is 2.10. The molecule has 0 bridgehead atoms. The molecular weight excluding hydrogens is 399 g/mol. The summed E-state index contributed by atoms with van der Waals surface area (Å²) in [5, 5.41) is 5.44. The number of thiophene rings is 1. The minimum absolute atomic E-state index is 0. The van der Waals surface area contributed by atoms with Gasteiger partial charge in [0.25, 0.3) is 0 Å². The lowest BCUT2D eigenvalue weighted by Crippen LogP contribution is -2.40. The molecule has 0 radical (unpaired) electrons. The van der Waals surface area contributed by atoms with E-state index in [4.69, 9.17) is 0 Å². The number of guanidine groups is 1. The first-order chi connectivity index (χ1) is 9.66. The van der Waals surface area contributed by atoms with Crippen LogP contribution in [0, 0.1) is 0 Å². The Hall–Kier alpha value is -0.830. The smallest absolute Gasteiger partial charge is 0.243 e. The standard InChI is InChI=1S/C14H22N4OS.HI/c1-17(2)13(19)11-16-14(18-7-3-4-8-18)15-10-12-6-5-9-20-12;/h5-6,9H,3-4,7-8,10-11H2,1-2H3,(H,15,16);1H. The lowest BCUT2D eigenvalue weighted by Gasteiger charge is -2.21. The minimum atomic E-state index is 0. The molecule has 1 saturated heterocycles. The molecule has 2 heterocycles. The van der Waals surface area contributed by atoms with Crippen LogP contribution in [-0.4, -0.2) is 55.4 Å². The van der Waals surface area contributed by atoms with E-state index < -0.39 is 0 Å². The third-order valence-electron chi connectivity index (χ3n) is 3.27. The Kier molecular flexibility index (Phi) is 8.02. The number of carbonyl (C=O) groups is 1. The number of aliphatic imine (C=N–C) groups is 1. The Morgan fingerprint density at radius 1 is 1.43 bits per heavy atom. The van der Waals surface area contributed by atoms with E-state index in [0.29, 0.717) is 0 Å². The van der Waals surface area contributed by atoms with Gasteiger partial charge < -0.3 is 15.1 Å². The Balaban J connectivity index is 0.00000220. The molecule has 0 aliphatic carbocycles. The molecular formula is C14H23IN4OS. The number of rotatable bonds is 4. The fourth-order valence-electron chi connectivity index (χ4n) is 2.06. The molecule has 1 aromatic heterocycles. The van der Waals surface area contributed by atoms with E-state index in [0.717, 1.165) is 25.6 Å². The van der Waals surface area contributed by atoms with E-state index in [9.17, 15) is 4.79 Å². The fraction of sp³-hybridized carbons (Fsp3) is 0.571. The summed E-state index contributed by atoms with van der Waals surface area (Å²) in [6.45, 7) is 3.01. The van der Waals surface area contributed by atoms with Crippen LogP contribution in [0.25, 0.3) is 0 Å².